The Morgan fingerprint density at radius 3 is 2.43 bits per heavy atom. The second-order valence-electron chi connectivity index (χ2n) is 3.46. The van der Waals surface area contributed by atoms with Gasteiger partial charge in [-0.25, -0.2) is 0 Å². The summed E-state index contributed by atoms with van der Waals surface area (Å²) in [4.78, 5) is 12.3. The number of amides is 1. The molecule has 1 fully saturated rings. The monoisotopic (exact) mass is 210 g/mol. The smallest absolute Gasteiger partial charge is 0.340 e. The third-order valence-corrected chi connectivity index (χ3v) is 2.44. The molecule has 14 heavy (non-hydrogen) atoms. The van der Waals surface area contributed by atoms with Gasteiger partial charge in [-0.1, -0.05) is 6.92 Å². The highest BCUT2D eigenvalue weighted by atomic mass is 19.4. The lowest BCUT2D eigenvalue weighted by Gasteiger charge is -2.17. The van der Waals surface area contributed by atoms with Gasteiger partial charge < -0.3 is 10.6 Å². The van der Waals surface area contributed by atoms with Crippen LogP contribution in [0.2, 0.25) is 0 Å². The largest absolute Gasteiger partial charge is 0.395 e. The summed E-state index contributed by atoms with van der Waals surface area (Å²) in [5, 5.41) is 0. The Morgan fingerprint density at radius 1 is 1.50 bits per heavy atom. The Bertz CT molecular complexity index is 229. The van der Waals surface area contributed by atoms with Crippen molar-refractivity contribution in [3.8, 4) is 0 Å². The molecule has 0 spiro atoms. The van der Waals surface area contributed by atoms with Gasteiger partial charge in [0, 0.05) is 25.6 Å². The van der Waals surface area contributed by atoms with Crippen LogP contribution in [-0.4, -0.2) is 36.1 Å². The summed E-state index contributed by atoms with van der Waals surface area (Å²) in [5.74, 6) is -1.84. The summed E-state index contributed by atoms with van der Waals surface area (Å²) in [7, 11) is 0. The number of nitrogens with two attached hydrogens (primary N) is 1. The van der Waals surface area contributed by atoms with Crippen LogP contribution in [0.25, 0.3) is 0 Å². The first-order chi connectivity index (χ1) is 6.36. The topological polar surface area (TPSA) is 46.3 Å². The predicted molar refractivity (Wildman–Crippen MR) is 44.4 cm³/mol. The Kier molecular flexibility index (Phi) is 3.04. The van der Waals surface area contributed by atoms with Gasteiger partial charge in [-0.2, -0.15) is 13.2 Å². The minimum absolute atomic E-state index is 0.0108. The third kappa shape index (κ3) is 2.17. The minimum Gasteiger partial charge on any atom is -0.340 e. The highest BCUT2D eigenvalue weighted by Gasteiger charge is 2.49. The molecular formula is C8H13F3N2O. The number of nitrogens with zero attached hydrogens (tertiary/aromatic N) is 1. The highest BCUT2D eigenvalue weighted by Crippen LogP contribution is 2.32. The van der Waals surface area contributed by atoms with Crippen LogP contribution in [0.15, 0.2) is 0 Å². The molecule has 1 aliphatic rings. The Labute approximate surface area is 80.0 Å². The second-order valence-corrected chi connectivity index (χ2v) is 3.46. The summed E-state index contributed by atoms with van der Waals surface area (Å²) in [6.07, 6.45) is -4.08. The molecule has 1 heterocycles. The maximum Gasteiger partial charge on any atom is 0.395 e. The molecule has 1 amide bonds. The average molecular weight is 210 g/mol. The fraction of sp³-hybridized carbons (Fsp3) is 0.875. The Morgan fingerprint density at radius 2 is 2.07 bits per heavy atom. The zero-order valence-electron chi connectivity index (χ0n) is 7.84. The van der Waals surface area contributed by atoms with Gasteiger partial charge in [0.2, 0.25) is 5.91 Å². The maximum absolute atomic E-state index is 12.3. The van der Waals surface area contributed by atoms with E-state index in [9.17, 15) is 18.0 Å². The van der Waals surface area contributed by atoms with Gasteiger partial charge in [0.25, 0.3) is 0 Å². The van der Waals surface area contributed by atoms with Crippen LogP contribution < -0.4 is 5.73 Å². The predicted octanol–water partition coefficient (Wildman–Crippen LogP) is 0.744. The number of carbonyl (C=O) groups is 1. The van der Waals surface area contributed by atoms with Gasteiger partial charge in [-0.3, -0.25) is 4.79 Å². The standard InChI is InChI=1S/C8H13F3N2O/c1-2-7(14)13-3-5(6(12)4-13)8(9,10)11/h5-6H,2-4,12H2,1H3/t5-,6-/m1/s1. The van der Waals surface area contributed by atoms with E-state index >= 15 is 0 Å². The minimum atomic E-state index is -4.30. The van der Waals surface area contributed by atoms with Crippen LogP contribution in [0.3, 0.4) is 0 Å². The Balaban J connectivity index is 2.65. The highest BCUT2D eigenvalue weighted by molar-refractivity contribution is 5.76. The molecule has 2 atom stereocenters. The zero-order valence-corrected chi connectivity index (χ0v) is 7.84. The van der Waals surface area contributed by atoms with Gasteiger partial charge in [-0.05, 0) is 0 Å². The van der Waals surface area contributed by atoms with E-state index in [1.54, 1.807) is 6.92 Å². The molecule has 6 heteroatoms. The molecule has 0 aromatic rings. The van der Waals surface area contributed by atoms with Crippen molar-refractivity contribution in [2.45, 2.75) is 25.6 Å². The van der Waals surface area contributed by atoms with Crippen molar-refractivity contribution in [3.63, 3.8) is 0 Å². The van der Waals surface area contributed by atoms with E-state index < -0.39 is 18.1 Å². The van der Waals surface area contributed by atoms with Crippen LogP contribution in [0.4, 0.5) is 13.2 Å². The molecule has 1 saturated heterocycles. The normalized spacial score (nSPS) is 28.2. The van der Waals surface area contributed by atoms with E-state index in [1.165, 1.54) is 4.90 Å². The molecule has 0 saturated carbocycles. The summed E-state index contributed by atoms with van der Waals surface area (Å²) >= 11 is 0. The van der Waals surface area contributed by atoms with Crippen LogP contribution >= 0.6 is 0 Å². The lowest BCUT2D eigenvalue weighted by Crippen LogP contribution is -2.38. The maximum atomic E-state index is 12.3. The molecule has 0 radical (unpaired) electrons. The van der Waals surface area contributed by atoms with Crippen molar-refractivity contribution in [1.82, 2.24) is 4.90 Å². The van der Waals surface area contributed by atoms with Crippen molar-refractivity contribution in [2.75, 3.05) is 13.1 Å². The van der Waals surface area contributed by atoms with Gasteiger partial charge in [0.05, 0.1) is 5.92 Å². The molecule has 2 N–H and O–H groups in total. The van der Waals surface area contributed by atoms with E-state index in [4.69, 9.17) is 5.73 Å². The number of halogens is 3. The number of likely N-dealkylation sites (tertiary alicyclic amines) is 1. The first-order valence-corrected chi connectivity index (χ1v) is 4.46. The molecular weight excluding hydrogens is 197 g/mol. The van der Waals surface area contributed by atoms with E-state index in [0.717, 1.165) is 0 Å². The van der Waals surface area contributed by atoms with Crippen LogP contribution in [0.1, 0.15) is 13.3 Å². The fourth-order valence-corrected chi connectivity index (χ4v) is 1.60. The van der Waals surface area contributed by atoms with E-state index in [0.29, 0.717) is 0 Å². The number of carbonyl (C=O) groups excluding carboxylic acids is 1. The van der Waals surface area contributed by atoms with E-state index in [-0.39, 0.29) is 25.4 Å². The van der Waals surface area contributed by atoms with Crippen LogP contribution in [0.5, 0.6) is 0 Å². The fourth-order valence-electron chi connectivity index (χ4n) is 1.60. The first kappa shape index (κ1) is 11.3. The van der Waals surface area contributed by atoms with Crippen LogP contribution in [0, 0.1) is 5.92 Å². The summed E-state index contributed by atoms with van der Waals surface area (Å²) in [6.45, 7) is 1.34. The summed E-state index contributed by atoms with van der Waals surface area (Å²) in [6, 6.07) is -0.981. The molecule has 0 aromatic heterocycles. The number of rotatable bonds is 1. The molecule has 0 aliphatic carbocycles. The van der Waals surface area contributed by atoms with Crippen molar-refractivity contribution < 1.29 is 18.0 Å². The number of hydrogen-bond donors (Lipinski definition) is 1. The molecule has 1 rings (SSSR count). The first-order valence-electron chi connectivity index (χ1n) is 4.46. The summed E-state index contributed by atoms with van der Waals surface area (Å²) in [5.41, 5.74) is 5.33. The van der Waals surface area contributed by atoms with E-state index in [1.807, 2.05) is 0 Å². The van der Waals surface area contributed by atoms with Crippen molar-refractivity contribution in [2.24, 2.45) is 11.7 Å². The van der Waals surface area contributed by atoms with Crippen molar-refractivity contribution >= 4 is 5.91 Å². The lowest BCUT2D eigenvalue weighted by molar-refractivity contribution is -0.173. The van der Waals surface area contributed by atoms with Gasteiger partial charge >= 0.3 is 6.18 Å². The molecule has 3 nitrogen and oxygen atoms in total. The molecule has 0 bridgehead atoms. The van der Waals surface area contributed by atoms with Gasteiger partial charge in [0.15, 0.2) is 0 Å². The van der Waals surface area contributed by atoms with Gasteiger partial charge in [-0.15, -0.1) is 0 Å². The number of alkyl halides is 3. The average Bonchev–Trinajstić information content (AvgIpc) is 2.45. The third-order valence-electron chi connectivity index (χ3n) is 2.44. The molecule has 0 unspecified atom stereocenters. The van der Waals surface area contributed by atoms with Crippen molar-refractivity contribution in [3.05, 3.63) is 0 Å². The SMILES string of the molecule is CCC(=O)N1C[C@@H](N)[C@H](C(F)(F)F)C1. The zero-order chi connectivity index (χ0) is 10.9. The van der Waals surface area contributed by atoms with Crippen LogP contribution in [-0.2, 0) is 4.79 Å². The lowest BCUT2D eigenvalue weighted by atomic mass is 10.1. The molecule has 82 valence electrons. The second kappa shape index (κ2) is 3.76. The summed E-state index contributed by atoms with van der Waals surface area (Å²) < 4.78 is 37.0. The van der Waals surface area contributed by atoms with Gasteiger partial charge in [0.1, 0.15) is 0 Å². The molecule has 1 aliphatic heterocycles. The number of hydrogen-bond acceptors (Lipinski definition) is 2. The van der Waals surface area contributed by atoms with E-state index in [2.05, 4.69) is 0 Å². The molecule has 0 aromatic carbocycles. The Hall–Kier alpha value is -0.780. The van der Waals surface area contributed by atoms with Crippen molar-refractivity contribution in [1.29, 1.82) is 0 Å². The quantitative estimate of drug-likeness (QED) is 0.694.